The van der Waals surface area contributed by atoms with E-state index in [4.69, 9.17) is 11.6 Å². The topological polar surface area (TPSA) is 69.4 Å². The molecule has 0 radical (unpaired) electrons. The van der Waals surface area contributed by atoms with E-state index in [1.165, 1.54) is 19.2 Å². The molecule has 0 bridgehead atoms. The van der Waals surface area contributed by atoms with Gasteiger partial charge in [-0.3, -0.25) is 14.9 Å². The maximum atomic E-state index is 11.3. The van der Waals surface area contributed by atoms with Crippen molar-refractivity contribution in [1.82, 2.24) is 0 Å². The van der Waals surface area contributed by atoms with Crippen LogP contribution in [0.25, 0.3) is 0 Å². The first-order chi connectivity index (χ1) is 8.38. The lowest BCUT2D eigenvalue weighted by molar-refractivity contribution is -0.385. The molecule has 1 unspecified atom stereocenters. The van der Waals surface area contributed by atoms with Gasteiger partial charge in [-0.1, -0.05) is 19.9 Å². The number of ether oxygens (including phenoxy) is 1. The van der Waals surface area contributed by atoms with Gasteiger partial charge >= 0.3 is 5.97 Å². The number of benzene rings is 1. The van der Waals surface area contributed by atoms with Crippen LogP contribution >= 0.6 is 11.6 Å². The maximum Gasteiger partial charge on any atom is 0.328 e. The molecule has 0 saturated heterocycles. The second kappa shape index (κ2) is 5.82. The SMILES string of the molecule is COC(=O)C(Cl)c1ccc([N+](=O)[O-])c(C(C)C)c1. The molecule has 0 aromatic heterocycles. The fourth-order valence-electron chi connectivity index (χ4n) is 1.60. The van der Waals surface area contributed by atoms with Crippen LogP contribution < -0.4 is 0 Å². The molecule has 1 aromatic carbocycles. The summed E-state index contributed by atoms with van der Waals surface area (Å²) in [5, 5.41) is 9.93. The highest BCUT2D eigenvalue weighted by Gasteiger charge is 2.23. The van der Waals surface area contributed by atoms with Gasteiger partial charge in [-0.25, -0.2) is 0 Å². The molecule has 1 rings (SSSR count). The van der Waals surface area contributed by atoms with E-state index in [9.17, 15) is 14.9 Å². The van der Waals surface area contributed by atoms with Crippen LogP contribution in [0.1, 0.15) is 36.3 Å². The molecule has 6 heteroatoms. The van der Waals surface area contributed by atoms with Crippen LogP contribution in [0.15, 0.2) is 18.2 Å². The van der Waals surface area contributed by atoms with Gasteiger partial charge in [-0.2, -0.15) is 0 Å². The Hall–Kier alpha value is -1.62. The van der Waals surface area contributed by atoms with Crippen molar-refractivity contribution >= 4 is 23.3 Å². The Morgan fingerprint density at radius 3 is 2.50 bits per heavy atom. The highest BCUT2D eigenvalue weighted by molar-refractivity contribution is 6.29. The Bertz CT molecular complexity index is 473. The third-order valence-electron chi connectivity index (χ3n) is 2.57. The quantitative estimate of drug-likeness (QED) is 0.365. The van der Waals surface area contributed by atoms with Crippen LogP contribution in [0.2, 0.25) is 0 Å². The Morgan fingerprint density at radius 2 is 2.06 bits per heavy atom. The molecule has 18 heavy (non-hydrogen) atoms. The number of carbonyl (C=O) groups excluding carboxylic acids is 1. The minimum atomic E-state index is -0.951. The van der Waals surface area contributed by atoms with Crippen molar-refractivity contribution < 1.29 is 14.5 Å². The molecular formula is C12H14ClNO4. The van der Waals surface area contributed by atoms with Gasteiger partial charge in [0.25, 0.3) is 5.69 Å². The second-order valence-corrected chi connectivity index (χ2v) is 4.55. The van der Waals surface area contributed by atoms with E-state index in [1.54, 1.807) is 6.07 Å². The van der Waals surface area contributed by atoms with Gasteiger partial charge in [0, 0.05) is 11.6 Å². The molecule has 0 spiro atoms. The van der Waals surface area contributed by atoms with Crippen molar-refractivity contribution in [2.45, 2.75) is 25.1 Å². The minimum Gasteiger partial charge on any atom is -0.468 e. The maximum absolute atomic E-state index is 11.3. The molecule has 0 heterocycles. The largest absolute Gasteiger partial charge is 0.468 e. The van der Waals surface area contributed by atoms with Crippen LogP contribution in [-0.2, 0) is 9.53 Å². The van der Waals surface area contributed by atoms with Crippen molar-refractivity contribution in [2.24, 2.45) is 0 Å². The summed E-state index contributed by atoms with van der Waals surface area (Å²) in [7, 11) is 1.24. The number of carbonyl (C=O) groups is 1. The van der Waals surface area contributed by atoms with Crippen LogP contribution in [-0.4, -0.2) is 18.0 Å². The molecule has 1 atom stereocenters. The average molecular weight is 272 g/mol. The highest BCUT2D eigenvalue weighted by Crippen LogP contribution is 2.31. The van der Waals surface area contributed by atoms with Crippen LogP contribution in [0.5, 0.6) is 0 Å². The molecule has 0 amide bonds. The monoisotopic (exact) mass is 271 g/mol. The molecule has 0 aliphatic heterocycles. The van der Waals surface area contributed by atoms with Crippen molar-refractivity contribution in [1.29, 1.82) is 0 Å². The number of alkyl halides is 1. The summed E-state index contributed by atoms with van der Waals surface area (Å²) < 4.78 is 4.54. The summed E-state index contributed by atoms with van der Waals surface area (Å²) in [6.45, 7) is 3.68. The van der Waals surface area contributed by atoms with Crippen LogP contribution in [0, 0.1) is 10.1 Å². The van der Waals surface area contributed by atoms with E-state index in [-0.39, 0.29) is 11.6 Å². The summed E-state index contributed by atoms with van der Waals surface area (Å²) in [6.07, 6.45) is 0. The molecule has 1 aromatic rings. The van der Waals surface area contributed by atoms with Gasteiger partial charge in [0.2, 0.25) is 0 Å². The predicted molar refractivity (Wildman–Crippen MR) is 67.8 cm³/mol. The number of nitrogens with zero attached hydrogens (tertiary/aromatic N) is 1. The predicted octanol–water partition coefficient (Wildman–Crippen LogP) is 3.17. The molecule has 0 fully saturated rings. The molecule has 0 aliphatic rings. The van der Waals surface area contributed by atoms with Gasteiger partial charge in [0.1, 0.15) is 0 Å². The fraction of sp³-hybridized carbons (Fsp3) is 0.417. The molecular weight excluding hydrogens is 258 g/mol. The van der Waals surface area contributed by atoms with E-state index in [0.29, 0.717) is 11.1 Å². The second-order valence-electron chi connectivity index (χ2n) is 4.12. The van der Waals surface area contributed by atoms with E-state index in [2.05, 4.69) is 4.74 Å². The van der Waals surface area contributed by atoms with E-state index in [0.717, 1.165) is 0 Å². The lowest BCUT2D eigenvalue weighted by atomic mass is 9.97. The number of methoxy groups -OCH3 is 1. The lowest BCUT2D eigenvalue weighted by Gasteiger charge is -2.11. The zero-order valence-electron chi connectivity index (χ0n) is 10.3. The Kier molecular flexibility index (Phi) is 4.67. The van der Waals surface area contributed by atoms with Crippen LogP contribution in [0.3, 0.4) is 0 Å². The van der Waals surface area contributed by atoms with Gasteiger partial charge < -0.3 is 4.74 Å². The van der Waals surface area contributed by atoms with Gasteiger partial charge in [-0.15, -0.1) is 11.6 Å². The summed E-state index contributed by atoms with van der Waals surface area (Å²) in [6, 6.07) is 4.42. The normalized spacial score (nSPS) is 12.3. The summed E-state index contributed by atoms with van der Waals surface area (Å²) in [5.41, 5.74) is 1.08. The number of rotatable bonds is 4. The Labute approximate surface area is 110 Å². The molecule has 5 nitrogen and oxygen atoms in total. The molecule has 98 valence electrons. The fourth-order valence-corrected chi connectivity index (χ4v) is 1.82. The number of hydrogen-bond acceptors (Lipinski definition) is 4. The number of hydrogen-bond donors (Lipinski definition) is 0. The van der Waals surface area contributed by atoms with E-state index >= 15 is 0 Å². The summed E-state index contributed by atoms with van der Waals surface area (Å²) >= 11 is 5.92. The molecule has 0 aliphatic carbocycles. The van der Waals surface area contributed by atoms with Crippen molar-refractivity contribution in [2.75, 3.05) is 7.11 Å². The van der Waals surface area contributed by atoms with E-state index in [1.807, 2.05) is 13.8 Å². The van der Waals surface area contributed by atoms with Crippen molar-refractivity contribution in [3.05, 3.63) is 39.4 Å². The Balaban J connectivity index is 3.23. The third-order valence-corrected chi connectivity index (χ3v) is 3.00. The first-order valence-electron chi connectivity index (χ1n) is 5.38. The first kappa shape index (κ1) is 14.4. The lowest BCUT2D eigenvalue weighted by Crippen LogP contribution is -2.09. The van der Waals surface area contributed by atoms with Gasteiger partial charge in [-0.05, 0) is 17.5 Å². The third kappa shape index (κ3) is 2.98. The zero-order valence-corrected chi connectivity index (χ0v) is 11.1. The summed E-state index contributed by atoms with van der Waals surface area (Å²) in [4.78, 5) is 21.8. The standard InChI is InChI=1S/C12H14ClNO4/c1-7(2)9-6-8(11(13)12(15)18-3)4-5-10(9)14(16)17/h4-7,11H,1-3H3. The minimum absolute atomic E-state index is 0.0301. The average Bonchev–Trinajstić information content (AvgIpc) is 2.35. The first-order valence-corrected chi connectivity index (χ1v) is 5.82. The van der Waals surface area contributed by atoms with Crippen molar-refractivity contribution in [3.8, 4) is 0 Å². The number of nitro benzene ring substituents is 1. The smallest absolute Gasteiger partial charge is 0.328 e. The van der Waals surface area contributed by atoms with E-state index < -0.39 is 16.3 Å². The molecule has 0 saturated carbocycles. The van der Waals surface area contributed by atoms with Gasteiger partial charge in [0.15, 0.2) is 5.38 Å². The number of halogens is 1. The van der Waals surface area contributed by atoms with Gasteiger partial charge in [0.05, 0.1) is 12.0 Å². The zero-order chi connectivity index (χ0) is 13.9. The Morgan fingerprint density at radius 1 is 1.44 bits per heavy atom. The summed E-state index contributed by atoms with van der Waals surface area (Å²) in [5.74, 6) is -0.618. The highest BCUT2D eigenvalue weighted by atomic mass is 35.5. The van der Waals surface area contributed by atoms with Crippen molar-refractivity contribution in [3.63, 3.8) is 0 Å². The number of nitro groups is 1. The van der Waals surface area contributed by atoms with Crippen LogP contribution in [0.4, 0.5) is 5.69 Å². The molecule has 0 N–H and O–H groups in total. The number of esters is 1.